The van der Waals surface area contributed by atoms with Crippen molar-refractivity contribution in [1.29, 1.82) is 0 Å². The second kappa shape index (κ2) is 9.31. The number of amides is 1. The van der Waals surface area contributed by atoms with Gasteiger partial charge in [0, 0.05) is 18.5 Å². The van der Waals surface area contributed by atoms with Crippen LogP contribution in [0.15, 0.2) is 35.3 Å². The van der Waals surface area contributed by atoms with E-state index in [1.807, 2.05) is 30.3 Å². The lowest BCUT2D eigenvalue weighted by atomic mass is 10.2. The van der Waals surface area contributed by atoms with Gasteiger partial charge in [0.1, 0.15) is 5.84 Å². The third-order valence-corrected chi connectivity index (χ3v) is 2.84. The molecule has 104 valence electrons. The highest BCUT2D eigenvalue weighted by Crippen LogP contribution is 2.02. The number of amidine groups is 1. The van der Waals surface area contributed by atoms with E-state index in [4.69, 9.17) is 0 Å². The van der Waals surface area contributed by atoms with Gasteiger partial charge in [0.25, 0.3) is 0 Å². The van der Waals surface area contributed by atoms with Crippen LogP contribution in [0.3, 0.4) is 0 Å². The Hall–Kier alpha value is -1.64. The molecule has 0 heterocycles. The molecule has 19 heavy (non-hydrogen) atoms. The third-order valence-electron chi connectivity index (χ3n) is 2.84. The van der Waals surface area contributed by atoms with Gasteiger partial charge in [-0.3, -0.25) is 9.79 Å². The zero-order valence-corrected chi connectivity index (χ0v) is 12.0. The predicted octanol–water partition coefficient (Wildman–Crippen LogP) is 3.54. The van der Waals surface area contributed by atoms with Crippen LogP contribution in [0, 0.1) is 0 Å². The van der Waals surface area contributed by atoms with E-state index in [1.165, 1.54) is 0 Å². The van der Waals surface area contributed by atoms with Crippen LogP contribution in [0.5, 0.6) is 0 Å². The Bertz CT molecular complexity index is 398. The van der Waals surface area contributed by atoms with Gasteiger partial charge in [-0.25, -0.2) is 0 Å². The number of benzene rings is 1. The second-order valence-corrected chi connectivity index (χ2v) is 4.60. The minimum Gasteiger partial charge on any atom is -0.311 e. The largest absolute Gasteiger partial charge is 0.311 e. The summed E-state index contributed by atoms with van der Waals surface area (Å²) in [6, 6.07) is 9.84. The molecule has 0 radical (unpaired) electrons. The van der Waals surface area contributed by atoms with Crippen molar-refractivity contribution >= 4 is 11.7 Å². The molecule has 0 spiro atoms. The molecule has 0 atom stereocenters. The van der Waals surface area contributed by atoms with Crippen molar-refractivity contribution in [2.45, 2.75) is 46.0 Å². The Morgan fingerprint density at radius 3 is 2.42 bits per heavy atom. The lowest BCUT2D eigenvalue weighted by molar-refractivity contribution is -0.119. The highest BCUT2D eigenvalue weighted by molar-refractivity contribution is 6.07. The zero-order valence-electron chi connectivity index (χ0n) is 12.0. The molecule has 3 nitrogen and oxygen atoms in total. The SMILES string of the molecule is CCCCN=C(NC(=O)CCCC)c1ccccc1. The van der Waals surface area contributed by atoms with Crippen LogP contribution in [-0.4, -0.2) is 18.3 Å². The first kappa shape index (κ1) is 15.4. The van der Waals surface area contributed by atoms with Gasteiger partial charge in [-0.15, -0.1) is 0 Å². The molecule has 0 aliphatic carbocycles. The molecule has 1 aromatic carbocycles. The van der Waals surface area contributed by atoms with Crippen LogP contribution in [0.4, 0.5) is 0 Å². The van der Waals surface area contributed by atoms with Crippen molar-refractivity contribution in [1.82, 2.24) is 5.32 Å². The minimum absolute atomic E-state index is 0.0564. The average Bonchev–Trinajstić information content (AvgIpc) is 2.45. The molecule has 0 bridgehead atoms. The summed E-state index contributed by atoms with van der Waals surface area (Å²) in [5.74, 6) is 0.760. The summed E-state index contributed by atoms with van der Waals surface area (Å²) in [6.07, 6.45) is 4.66. The van der Waals surface area contributed by atoms with E-state index in [0.29, 0.717) is 12.3 Å². The topological polar surface area (TPSA) is 41.5 Å². The fourth-order valence-corrected chi connectivity index (χ4v) is 1.68. The van der Waals surface area contributed by atoms with Gasteiger partial charge in [0.15, 0.2) is 0 Å². The Kier molecular flexibility index (Phi) is 7.56. The Labute approximate surface area is 116 Å². The van der Waals surface area contributed by atoms with Gasteiger partial charge in [0.2, 0.25) is 5.91 Å². The number of nitrogens with one attached hydrogen (secondary N) is 1. The van der Waals surface area contributed by atoms with E-state index < -0.39 is 0 Å². The Morgan fingerprint density at radius 2 is 1.79 bits per heavy atom. The normalized spacial score (nSPS) is 11.4. The van der Waals surface area contributed by atoms with Gasteiger partial charge in [-0.2, -0.15) is 0 Å². The Morgan fingerprint density at radius 1 is 1.11 bits per heavy atom. The highest BCUT2D eigenvalue weighted by atomic mass is 16.1. The standard InChI is InChI=1S/C16H24N2O/c1-3-5-12-15(19)18-16(17-13-6-4-2)14-10-8-7-9-11-14/h7-11H,3-6,12-13H2,1-2H3,(H,17,18,19). The first-order valence-electron chi connectivity index (χ1n) is 7.17. The molecule has 3 heteroatoms. The van der Waals surface area contributed by atoms with Gasteiger partial charge in [-0.05, 0) is 12.8 Å². The molecule has 0 saturated carbocycles. The van der Waals surface area contributed by atoms with Gasteiger partial charge >= 0.3 is 0 Å². The van der Waals surface area contributed by atoms with Gasteiger partial charge < -0.3 is 5.32 Å². The lowest BCUT2D eigenvalue weighted by Crippen LogP contribution is -2.31. The summed E-state index contributed by atoms with van der Waals surface area (Å²) < 4.78 is 0. The minimum atomic E-state index is 0.0564. The van der Waals surface area contributed by atoms with Crippen LogP contribution >= 0.6 is 0 Å². The summed E-state index contributed by atoms with van der Waals surface area (Å²) in [4.78, 5) is 16.3. The van der Waals surface area contributed by atoms with Crippen LogP contribution in [-0.2, 0) is 4.79 Å². The first-order chi connectivity index (χ1) is 9.27. The summed E-state index contributed by atoms with van der Waals surface area (Å²) in [5.41, 5.74) is 0.975. The van der Waals surface area contributed by atoms with Gasteiger partial charge in [-0.1, -0.05) is 57.0 Å². The van der Waals surface area contributed by atoms with Crippen molar-refractivity contribution in [3.8, 4) is 0 Å². The number of hydrogen-bond acceptors (Lipinski definition) is 2. The number of carbonyl (C=O) groups is 1. The lowest BCUT2D eigenvalue weighted by Gasteiger charge is -2.09. The summed E-state index contributed by atoms with van der Waals surface area (Å²) in [5, 5.41) is 2.94. The smallest absolute Gasteiger partial charge is 0.225 e. The van der Waals surface area contributed by atoms with Crippen molar-refractivity contribution in [3.05, 3.63) is 35.9 Å². The molecule has 1 aromatic rings. The van der Waals surface area contributed by atoms with Crippen LogP contribution < -0.4 is 5.32 Å². The van der Waals surface area contributed by atoms with Crippen molar-refractivity contribution in [3.63, 3.8) is 0 Å². The number of unbranched alkanes of at least 4 members (excludes halogenated alkanes) is 2. The van der Waals surface area contributed by atoms with Crippen molar-refractivity contribution < 1.29 is 4.79 Å². The van der Waals surface area contributed by atoms with E-state index in [0.717, 1.165) is 37.8 Å². The fraction of sp³-hybridized carbons (Fsp3) is 0.500. The molecule has 0 fully saturated rings. The molecule has 0 aliphatic heterocycles. The van der Waals surface area contributed by atoms with E-state index >= 15 is 0 Å². The van der Waals surface area contributed by atoms with Crippen LogP contribution in [0.2, 0.25) is 0 Å². The number of aliphatic imine (C=N–C) groups is 1. The molecular weight excluding hydrogens is 236 g/mol. The molecule has 0 aromatic heterocycles. The maximum atomic E-state index is 11.8. The van der Waals surface area contributed by atoms with Crippen LogP contribution in [0.1, 0.15) is 51.5 Å². The summed E-state index contributed by atoms with van der Waals surface area (Å²) >= 11 is 0. The predicted molar refractivity (Wildman–Crippen MR) is 80.4 cm³/mol. The summed E-state index contributed by atoms with van der Waals surface area (Å²) in [6.45, 7) is 4.98. The molecule has 0 unspecified atom stereocenters. The molecular formula is C16H24N2O. The number of hydrogen-bond donors (Lipinski definition) is 1. The van der Waals surface area contributed by atoms with E-state index in [9.17, 15) is 4.79 Å². The first-order valence-corrected chi connectivity index (χ1v) is 7.17. The van der Waals surface area contributed by atoms with E-state index in [1.54, 1.807) is 0 Å². The van der Waals surface area contributed by atoms with E-state index in [-0.39, 0.29) is 5.91 Å². The molecule has 0 aliphatic rings. The number of rotatable bonds is 7. The quantitative estimate of drug-likeness (QED) is 0.455. The third kappa shape index (κ3) is 6.18. The number of nitrogens with zero attached hydrogens (tertiary/aromatic N) is 1. The average molecular weight is 260 g/mol. The zero-order chi connectivity index (χ0) is 13.9. The van der Waals surface area contributed by atoms with Crippen molar-refractivity contribution in [2.24, 2.45) is 4.99 Å². The fourth-order valence-electron chi connectivity index (χ4n) is 1.68. The summed E-state index contributed by atoms with van der Waals surface area (Å²) in [7, 11) is 0. The van der Waals surface area contributed by atoms with E-state index in [2.05, 4.69) is 24.2 Å². The number of carbonyl (C=O) groups excluding carboxylic acids is 1. The van der Waals surface area contributed by atoms with Gasteiger partial charge in [0.05, 0.1) is 0 Å². The Balaban J connectivity index is 2.70. The maximum absolute atomic E-state index is 11.8. The maximum Gasteiger partial charge on any atom is 0.225 e. The molecule has 1 rings (SSSR count). The highest BCUT2D eigenvalue weighted by Gasteiger charge is 2.07. The van der Waals surface area contributed by atoms with Crippen molar-refractivity contribution in [2.75, 3.05) is 6.54 Å². The molecule has 0 saturated heterocycles. The second-order valence-electron chi connectivity index (χ2n) is 4.60. The monoisotopic (exact) mass is 260 g/mol. The molecule has 1 N–H and O–H groups in total. The van der Waals surface area contributed by atoms with Crippen LogP contribution in [0.25, 0.3) is 0 Å². The molecule has 1 amide bonds.